The molecule has 1 saturated heterocycles. The molecular weight excluding hydrogens is 220 g/mol. The summed E-state index contributed by atoms with van der Waals surface area (Å²) in [5.74, 6) is 0. The van der Waals surface area contributed by atoms with Crippen molar-refractivity contribution >= 4 is 0 Å². The molecular formula is C9H18O7. The highest BCUT2D eigenvalue weighted by Gasteiger charge is 2.43. The molecule has 1 rings (SSSR count). The summed E-state index contributed by atoms with van der Waals surface area (Å²) in [5.41, 5.74) is 0. The van der Waals surface area contributed by atoms with E-state index >= 15 is 0 Å². The first-order valence-corrected chi connectivity index (χ1v) is 5.10. The average Bonchev–Trinajstić information content (AvgIpc) is 2.29. The van der Waals surface area contributed by atoms with Crippen LogP contribution in [0.2, 0.25) is 0 Å². The lowest BCUT2D eigenvalue weighted by Gasteiger charge is -2.40. The Labute approximate surface area is 92.5 Å². The van der Waals surface area contributed by atoms with Crippen molar-refractivity contribution in [1.82, 2.24) is 0 Å². The van der Waals surface area contributed by atoms with Crippen molar-refractivity contribution in [2.24, 2.45) is 0 Å². The summed E-state index contributed by atoms with van der Waals surface area (Å²) in [6, 6.07) is 0. The van der Waals surface area contributed by atoms with Crippen LogP contribution in [0.1, 0.15) is 6.42 Å². The largest absolute Gasteiger partial charge is 0.394 e. The summed E-state index contributed by atoms with van der Waals surface area (Å²) < 4.78 is 5.12. The zero-order chi connectivity index (χ0) is 12.3. The standard InChI is InChI=1S/C9H18O7/c10-2-4(12)1-5-7(13)9(15)8(14)6(3-11)16-5/h4-15H,1-3H2/t4-,5-,6+,7-,8+,9+/m0/s1. The number of ether oxygens (including phenoxy) is 1. The van der Waals surface area contributed by atoms with E-state index < -0.39 is 49.8 Å². The summed E-state index contributed by atoms with van der Waals surface area (Å²) in [6.07, 6.45) is -7.28. The van der Waals surface area contributed by atoms with Crippen molar-refractivity contribution in [3.8, 4) is 0 Å². The summed E-state index contributed by atoms with van der Waals surface area (Å²) >= 11 is 0. The van der Waals surface area contributed by atoms with Crippen molar-refractivity contribution in [2.45, 2.75) is 43.0 Å². The Balaban J connectivity index is 2.63. The maximum absolute atomic E-state index is 9.56. The van der Waals surface area contributed by atoms with Gasteiger partial charge in [0.2, 0.25) is 0 Å². The summed E-state index contributed by atoms with van der Waals surface area (Å²) in [6.45, 7) is -0.994. The zero-order valence-electron chi connectivity index (χ0n) is 8.68. The molecule has 0 bridgehead atoms. The molecule has 0 saturated carbocycles. The Hall–Kier alpha value is -0.280. The van der Waals surface area contributed by atoms with E-state index in [1.54, 1.807) is 0 Å². The summed E-state index contributed by atoms with van der Waals surface area (Å²) in [4.78, 5) is 0. The molecule has 0 aliphatic carbocycles. The van der Waals surface area contributed by atoms with Gasteiger partial charge in [-0.3, -0.25) is 0 Å². The first-order chi connectivity index (χ1) is 7.51. The third kappa shape index (κ3) is 2.89. The van der Waals surface area contributed by atoms with Gasteiger partial charge in [0.05, 0.1) is 25.4 Å². The van der Waals surface area contributed by atoms with E-state index in [0.717, 1.165) is 0 Å². The molecule has 1 aliphatic rings. The smallest absolute Gasteiger partial charge is 0.111 e. The van der Waals surface area contributed by atoms with Crippen LogP contribution in [0.4, 0.5) is 0 Å². The molecule has 0 unspecified atom stereocenters. The van der Waals surface area contributed by atoms with Crippen LogP contribution in [0.5, 0.6) is 0 Å². The second-order valence-electron chi connectivity index (χ2n) is 3.94. The van der Waals surface area contributed by atoms with Gasteiger partial charge in [-0.25, -0.2) is 0 Å². The molecule has 0 aromatic rings. The lowest BCUT2D eigenvalue weighted by molar-refractivity contribution is -0.234. The minimum atomic E-state index is -1.44. The first kappa shape index (κ1) is 13.8. The molecule has 16 heavy (non-hydrogen) atoms. The Morgan fingerprint density at radius 2 is 1.50 bits per heavy atom. The Morgan fingerprint density at radius 1 is 0.938 bits per heavy atom. The molecule has 0 radical (unpaired) electrons. The molecule has 1 fully saturated rings. The predicted octanol–water partition coefficient (Wildman–Crippen LogP) is -3.43. The number of aliphatic hydroxyl groups excluding tert-OH is 6. The molecule has 96 valence electrons. The number of aliphatic hydroxyl groups is 6. The third-order valence-electron chi connectivity index (χ3n) is 2.71. The van der Waals surface area contributed by atoms with E-state index in [2.05, 4.69) is 0 Å². The van der Waals surface area contributed by atoms with E-state index in [-0.39, 0.29) is 6.42 Å². The Morgan fingerprint density at radius 3 is 2.00 bits per heavy atom. The molecule has 7 nitrogen and oxygen atoms in total. The van der Waals surface area contributed by atoms with Crippen LogP contribution in [0.3, 0.4) is 0 Å². The van der Waals surface area contributed by atoms with E-state index in [1.807, 2.05) is 0 Å². The van der Waals surface area contributed by atoms with Crippen LogP contribution in [-0.2, 0) is 4.74 Å². The van der Waals surface area contributed by atoms with Crippen LogP contribution in [0, 0.1) is 0 Å². The maximum atomic E-state index is 9.56. The van der Waals surface area contributed by atoms with Gasteiger partial charge in [0.1, 0.15) is 24.4 Å². The van der Waals surface area contributed by atoms with E-state index in [9.17, 15) is 20.4 Å². The van der Waals surface area contributed by atoms with Gasteiger partial charge < -0.3 is 35.4 Å². The molecule has 1 aliphatic heterocycles. The van der Waals surface area contributed by atoms with Crippen molar-refractivity contribution in [2.75, 3.05) is 13.2 Å². The van der Waals surface area contributed by atoms with Gasteiger partial charge in [-0.05, 0) is 0 Å². The van der Waals surface area contributed by atoms with Gasteiger partial charge in [0.25, 0.3) is 0 Å². The molecule has 0 aromatic carbocycles. The predicted molar refractivity (Wildman–Crippen MR) is 51.5 cm³/mol. The van der Waals surface area contributed by atoms with Crippen LogP contribution in [-0.4, -0.2) is 80.5 Å². The minimum Gasteiger partial charge on any atom is -0.394 e. The van der Waals surface area contributed by atoms with Crippen LogP contribution >= 0.6 is 0 Å². The van der Waals surface area contributed by atoms with Crippen molar-refractivity contribution in [3.05, 3.63) is 0 Å². The van der Waals surface area contributed by atoms with E-state index in [4.69, 9.17) is 14.9 Å². The van der Waals surface area contributed by atoms with Crippen molar-refractivity contribution < 1.29 is 35.4 Å². The third-order valence-corrected chi connectivity index (χ3v) is 2.71. The van der Waals surface area contributed by atoms with Crippen molar-refractivity contribution in [1.29, 1.82) is 0 Å². The van der Waals surface area contributed by atoms with Crippen LogP contribution in [0.25, 0.3) is 0 Å². The lowest BCUT2D eigenvalue weighted by Crippen LogP contribution is -2.59. The number of hydrogen-bond donors (Lipinski definition) is 6. The molecule has 6 N–H and O–H groups in total. The Bertz CT molecular complexity index is 210. The van der Waals surface area contributed by atoms with Gasteiger partial charge in [-0.2, -0.15) is 0 Å². The molecule has 6 atom stereocenters. The van der Waals surface area contributed by atoms with Gasteiger partial charge in [-0.15, -0.1) is 0 Å². The topological polar surface area (TPSA) is 131 Å². The highest BCUT2D eigenvalue weighted by molar-refractivity contribution is 4.92. The van der Waals surface area contributed by atoms with E-state index in [1.165, 1.54) is 0 Å². The maximum Gasteiger partial charge on any atom is 0.111 e. The molecule has 1 heterocycles. The van der Waals surface area contributed by atoms with E-state index in [0.29, 0.717) is 0 Å². The zero-order valence-corrected chi connectivity index (χ0v) is 8.68. The Kier molecular flexibility index (Phi) is 5.06. The first-order valence-electron chi connectivity index (χ1n) is 5.10. The molecule has 0 spiro atoms. The highest BCUT2D eigenvalue weighted by atomic mass is 16.5. The van der Waals surface area contributed by atoms with Gasteiger partial charge in [0.15, 0.2) is 0 Å². The summed E-state index contributed by atoms with van der Waals surface area (Å²) in [5, 5.41) is 55.2. The quantitative estimate of drug-likeness (QED) is 0.300. The SMILES string of the molecule is OC[C@@H](O)C[C@@H]1O[C@H](CO)[C@@H](O)[C@H](O)[C@H]1O. The average molecular weight is 238 g/mol. The van der Waals surface area contributed by atoms with Gasteiger partial charge in [-0.1, -0.05) is 0 Å². The summed E-state index contributed by atoms with van der Waals surface area (Å²) in [7, 11) is 0. The second kappa shape index (κ2) is 5.87. The van der Waals surface area contributed by atoms with Crippen LogP contribution in [0.15, 0.2) is 0 Å². The highest BCUT2D eigenvalue weighted by Crippen LogP contribution is 2.23. The van der Waals surface area contributed by atoms with Gasteiger partial charge >= 0.3 is 0 Å². The minimum absolute atomic E-state index is 0.0854. The number of rotatable bonds is 4. The fraction of sp³-hybridized carbons (Fsp3) is 1.00. The van der Waals surface area contributed by atoms with Crippen LogP contribution < -0.4 is 0 Å². The molecule has 7 heteroatoms. The monoisotopic (exact) mass is 238 g/mol. The van der Waals surface area contributed by atoms with Crippen molar-refractivity contribution in [3.63, 3.8) is 0 Å². The molecule has 0 aromatic heterocycles. The number of hydrogen-bond acceptors (Lipinski definition) is 7. The lowest BCUT2D eigenvalue weighted by atomic mass is 9.92. The fourth-order valence-corrected chi connectivity index (χ4v) is 1.72. The fourth-order valence-electron chi connectivity index (χ4n) is 1.72. The second-order valence-corrected chi connectivity index (χ2v) is 3.94. The van der Waals surface area contributed by atoms with Gasteiger partial charge in [0, 0.05) is 6.42 Å². The normalized spacial score (nSPS) is 42.0. The molecule has 0 amide bonds.